The van der Waals surface area contributed by atoms with E-state index in [0.29, 0.717) is 45.5 Å². The average molecular weight is 388 g/mol. The van der Waals surface area contributed by atoms with Gasteiger partial charge < -0.3 is 25.7 Å². The lowest BCUT2D eigenvalue weighted by Crippen LogP contribution is -2.14. The minimum atomic E-state index is -0.616. The molecule has 0 saturated carbocycles. The molecule has 0 atom stereocenters. The predicted molar refractivity (Wildman–Crippen MR) is 104 cm³/mol. The van der Waals surface area contributed by atoms with Gasteiger partial charge in [-0.05, 0) is 24.3 Å². The van der Waals surface area contributed by atoms with Crippen LogP contribution in [-0.2, 0) is 4.74 Å². The molecule has 0 spiro atoms. The van der Waals surface area contributed by atoms with Crippen LogP contribution in [0.3, 0.4) is 0 Å². The van der Waals surface area contributed by atoms with Gasteiger partial charge in [0.15, 0.2) is 0 Å². The monoisotopic (exact) mass is 387 g/mol. The first-order valence-corrected chi connectivity index (χ1v) is 8.44. The number of amides is 1. The summed E-state index contributed by atoms with van der Waals surface area (Å²) in [5, 5.41) is 0.996. The highest BCUT2D eigenvalue weighted by Gasteiger charge is 2.15. The van der Waals surface area contributed by atoms with E-state index >= 15 is 0 Å². The lowest BCUT2D eigenvalue weighted by atomic mass is 10.1. The fraction of sp³-hybridized carbons (Fsp3) is 0.158. The van der Waals surface area contributed by atoms with Crippen molar-refractivity contribution in [3.05, 3.63) is 53.2 Å². The van der Waals surface area contributed by atoms with Crippen LogP contribution in [-0.4, -0.2) is 31.2 Å². The third kappa shape index (κ3) is 4.21. The third-order valence-electron chi connectivity index (χ3n) is 3.81. The average Bonchev–Trinajstić information content (AvgIpc) is 2.64. The number of methoxy groups -OCH3 is 1. The van der Waals surface area contributed by atoms with Crippen molar-refractivity contribution < 1.29 is 19.0 Å². The number of carbonyl (C=O) groups is 1. The number of nitrogens with two attached hydrogens (primary N) is 2. The lowest BCUT2D eigenvalue weighted by molar-refractivity contribution is 0.0992. The van der Waals surface area contributed by atoms with E-state index in [9.17, 15) is 4.79 Å². The molecule has 1 aromatic heterocycles. The number of hydrogen-bond acceptors (Lipinski definition) is 6. The maximum Gasteiger partial charge on any atom is 0.252 e. The van der Waals surface area contributed by atoms with Gasteiger partial charge >= 0.3 is 0 Å². The summed E-state index contributed by atoms with van der Waals surface area (Å²) in [5.74, 6) is 0.719. The summed E-state index contributed by atoms with van der Waals surface area (Å²) in [5.41, 5.74) is 12.5. The highest BCUT2D eigenvalue weighted by Crippen LogP contribution is 2.34. The first-order valence-electron chi connectivity index (χ1n) is 8.06. The first-order chi connectivity index (χ1) is 13.0. The molecule has 3 aromatic rings. The number of benzene rings is 2. The molecule has 0 unspecified atom stereocenters. The van der Waals surface area contributed by atoms with Gasteiger partial charge in [0.2, 0.25) is 0 Å². The van der Waals surface area contributed by atoms with Crippen LogP contribution in [0.4, 0.5) is 5.69 Å². The number of nitrogen functional groups attached to an aromatic ring is 1. The second-order valence-corrected chi connectivity index (χ2v) is 6.07. The van der Waals surface area contributed by atoms with Crippen molar-refractivity contribution in [1.82, 2.24) is 4.98 Å². The van der Waals surface area contributed by atoms with Crippen molar-refractivity contribution in [2.75, 3.05) is 26.1 Å². The number of primary amides is 1. The molecule has 8 heteroatoms. The molecule has 0 saturated heterocycles. The predicted octanol–water partition coefficient (Wildman–Crippen LogP) is 3.39. The smallest absolute Gasteiger partial charge is 0.252 e. The van der Waals surface area contributed by atoms with Crippen LogP contribution in [0.15, 0.2) is 42.6 Å². The highest BCUT2D eigenvalue weighted by molar-refractivity contribution is 6.33. The molecule has 1 amide bonds. The molecular weight excluding hydrogens is 370 g/mol. The minimum absolute atomic E-state index is 0.229. The second kappa shape index (κ2) is 8.11. The molecule has 27 heavy (non-hydrogen) atoms. The number of aromatic nitrogens is 1. The molecule has 0 radical (unpaired) electrons. The summed E-state index contributed by atoms with van der Waals surface area (Å²) < 4.78 is 16.5. The Morgan fingerprint density at radius 1 is 1.15 bits per heavy atom. The quantitative estimate of drug-likeness (QED) is 0.475. The lowest BCUT2D eigenvalue weighted by Gasteiger charge is -2.13. The fourth-order valence-corrected chi connectivity index (χ4v) is 2.65. The topological polar surface area (TPSA) is 110 Å². The van der Waals surface area contributed by atoms with E-state index in [4.69, 9.17) is 37.3 Å². The van der Waals surface area contributed by atoms with Crippen LogP contribution in [0, 0.1) is 0 Å². The van der Waals surface area contributed by atoms with E-state index in [-0.39, 0.29) is 12.2 Å². The molecule has 3 rings (SSSR count). The minimum Gasteiger partial charge on any atom is -0.490 e. The Bertz CT molecular complexity index is 994. The number of ether oxygens (including phenoxy) is 3. The molecule has 0 aliphatic rings. The van der Waals surface area contributed by atoms with Crippen molar-refractivity contribution >= 4 is 34.1 Å². The van der Waals surface area contributed by atoms with Gasteiger partial charge in [0.05, 0.1) is 28.4 Å². The highest BCUT2D eigenvalue weighted by atomic mass is 35.5. The number of carbonyl (C=O) groups excluding carboxylic acids is 1. The van der Waals surface area contributed by atoms with Gasteiger partial charge in [-0.15, -0.1) is 0 Å². The molecule has 0 bridgehead atoms. The normalized spacial score (nSPS) is 10.7. The summed E-state index contributed by atoms with van der Waals surface area (Å²) in [6.07, 6.45) is 1.60. The van der Waals surface area contributed by atoms with Gasteiger partial charge in [0.25, 0.3) is 5.91 Å². The van der Waals surface area contributed by atoms with Gasteiger partial charge in [-0.25, -0.2) is 0 Å². The summed E-state index contributed by atoms with van der Waals surface area (Å²) >= 11 is 6.04. The number of nitrogens with zero attached hydrogens (tertiary/aromatic N) is 1. The largest absolute Gasteiger partial charge is 0.490 e. The summed E-state index contributed by atoms with van der Waals surface area (Å²) in [6, 6.07) is 9.89. The number of anilines is 1. The molecule has 140 valence electrons. The molecule has 7 nitrogen and oxygen atoms in total. The van der Waals surface area contributed by atoms with Crippen molar-refractivity contribution in [3.63, 3.8) is 0 Å². The Hall–Kier alpha value is -3.03. The Labute approximate surface area is 160 Å². The zero-order chi connectivity index (χ0) is 19.4. The number of halogens is 1. The molecular formula is C19H18ClN3O4. The summed E-state index contributed by atoms with van der Waals surface area (Å²) in [4.78, 5) is 16.2. The van der Waals surface area contributed by atoms with Gasteiger partial charge in [-0.2, -0.15) is 0 Å². The van der Waals surface area contributed by atoms with E-state index < -0.39 is 5.91 Å². The Balaban J connectivity index is 2.02. The van der Waals surface area contributed by atoms with Crippen molar-refractivity contribution in [1.29, 1.82) is 0 Å². The molecule has 1 heterocycles. The van der Waals surface area contributed by atoms with Gasteiger partial charge in [-0.3, -0.25) is 9.78 Å². The van der Waals surface area contributed by atoms with E-state index in [0.717, 1.165) is 0 Å². The summed E-state index contributed by atoms with van der Waals surface area (Å²) in [7, 11) is 1.56. The Kier molecular flexibility index (Phi) is 5.63. The van der Waals surface area contributed by atoms with E-state index in [1.807, 2.05) is 0 Å². The second-order valence-electron chi connectivity index (χ2n) is 5.67. The zero-order valence-corrected chi connectivity index (χ0v) is 15.3. The van der Waals surface area contributed by atoms with Crippen LogP contribution >= 0.6 is 11.6 Å². The molecule has 0 aliphatic heterocycles. The standard InChI is InChI=1S/C19H18ClN3O4/c1-25-6-7-26-18-10-16-12(9-13(18)19(22)24)17(4-5-23-16)27-11-2-3-15(21)14(20)8-11/h2-5,8-10H,6-7,21H2,1H3,(H2,22,24). The van der Waals surface area contributed by atoms with E-state index in [1.165, 1.54) is 0 Å². The van der Waals surface area contributed by atoms with Gasteiger partial charge in [0.1, 0.15) is 23.9 Å². The van der Waals surface area contributed by atoms with Gasteiger partial charge in [-0.1, -0.05) is 11.6 Å². The third-order valence-corrected chi connectivity index (χ3v) is 4.14. The number of fused-ring (bicyclic) bond motifs is 1. The molecule has 2 aromatic carbocycles. The Morgan fingerprint density at radius 2 is 1.96 bits per heavy atom. The van der Waals surface area contributed by atoms with Gasteiger partial charge in [0, 0.05) is 30.8 Å². The summed E-state index contributed by atoms with van der Waals surface area (Å²) in [6.45, 7) is 0.660. The number of hydrogen-bond donors (Lipinski definition) is 2. The van der Waals surface area contributed by atoms with Crippen molar-refractivity contribution in [3.8, 4) is 17.2 Å². The van der Waals surface area contributed by atoms with Crippen LogP contribution in [0.1, 0.15) is 10.4 Å². The van der Waals surface area contributed by atoms with Crippen LogP contribution in [0.5, 0.6) is 17.2 Å². The van der Waals surface area contributed by atoms with Crippen molar-refractivity contribution in [2.45, 2.75) is 0 Å². The van der Waals surface area contributed by atoms with E-state index in [2.05, 4.69) is 4.98 Å². The maximum absolute atomic E-state index is 11.9. The van der Waals surface area contributed by atoms with Crippen LogP contribution < -0.4 is 20.9 Å². The number of pyridine rings is 1. The van der Waals surface area contributed by atoms with E-state index in [1.54, 1.807) is 49.7 Å². The maximum atomic E-state index is 11.9. The van der Waals surface area contributed by atoms with Crippen molar-refractivity contribution in [2.24, 2.45) is 5.73 Å². The van der Waals surface area contributed by atoms with Crippen LogP contribution in [0.25, 0.3) is 10.9 Å². The Morgan fingerprint density at radius 3 is 2.67 bits per heavy atom. The molecule has 0 aliphatic carbocycles. The SMILES string of the molecule is COCCOc1cc2nccc(Oc3ccc(N)c(Cl)c3)c2cc1C(N)=O. The van der Waals surface area contributed by atoms with Crippen LogP contribution in [0.2, 0.25) is 5.02 Å². The fourth-order valence-electron chi connectivity index (χ4n) is 2.48. The molecule has 0 fully saturated rings. The molecule has 4 N–H and O–H groups in total. The zero-order valence-electron chi connectivity index (χ0n) is 14.6. The number of rotatable bonds is 7. The first kappa shape index (κ1) is 18.8.